The van der Waals surface area contributed by atoms with Crippen molar-refractivity contribution >= 4 is 22.7 Å². The Bertz CT molecular complexity index is 1330. The van der Waals surface area contributed by atoms with Gasteiger partial charge in [0.25, 0.3) is 0 Å². The van der Waals surface area contributed by atoms with Gasteiger partial charge in [-0.3, -0.25) is 4.79 Å². The number of Topliss-reactive ketones (excluding diaryl/α,β-unsaturated/α-hetero) is 1. The molecule has 4 saturated carbocycles. The number of H-pyrrole nitrogens is 1. The Morgan fingerprint density at radius 2 is 1.95 bits per heavy atom. The van der Waals surface area contributed by atoms with Crippen LogP contribution in [0, 0.1) is 34.0 Å². The summed E-state index contributed by atoms with van der Waals surface area (Å²) in [6.07, 6.45) is -1.08. The summed E-state index contributed by atoms with van der Waals surface area (Å²) in [5.74, 6) is -4.86. The smallest absolute Gasteiger partial charge is 0.355 e. The molecule has 6 fully saturated rings. The molecule has 0 amide bonds. The first-order chi connectivity index (χ1) is 17.5. The summed E-state index contributed by atoms with van der Waals surface area (Å²) in [5, 5.41) is 36.4. The van der Waals surface area contributed by atoms with Crippen molar-refractivity contribution in [1.82, 2.24) is 4.98 Å². The lowest BCUT2D eigenvalue weighted by molar-refractivity contribution is -0.457. The number of aliphatic hydroxyl groups is 3. The van der Waals surface area contributed by atoms with Crippen molar-refractivity contribution < 1.29 is 34.4 Å². The van der Waals surface area contributed by atoms with E-state index in [1.54, 1.807) is 6.07 Å². The number of hydrogen-bond donors (Lipinski definition) is 4. The third-order valence-corrected chi connectivity index (χ3v) is 10.8. The molecule has 2 aromatic rings. The van der Waals surface area contributed by atoms with Crippen molar-refractivity contribution in [2.24, 2.45) is 34.0 Å². The average Bonchev–Trinajstić information content (AvgIpc) is 3.35. The summed E-state index contributed by atoms with van der Waals surface area (Å²) in [6, 6.07) is 9.17. The maximum Gasteiger partial charge on any atom is 0.355 e. The lowest BCUT2D eigenvalue weighted by atomic mass is 9.35. The maximum absolute atomic E-state index is 14.2. The molecule has 1 aromatic carbocycles. The minimum Gasteiger partial charge on any atom is -0.456 e. The third-order valence-electron chi connectivity index (χ3n) is 10.8. The molecule has 4 bridgehead atoms. The highest BCUT2D eigenvalue weighted by Gasteiger charge is 2.87. The van der Waals surface area contributed by atoms with Gasteiger partial charge in [0.2, 0.25) is 5.79 Å². The summed E-state index contributed by atoms with van der Waals surface area (Å²) in [7, 11) is 0. The van der Waals surface area contributed by atoms with Crippen LogP contribution in [-0.2, 0) is 14.3 Å². The van der Waals surface area contributed by atoms with Gasteiger partial charge in [-0.15, -0.1) is 0 Å². The summed E-state index contributed by atoms with van der Waals surface area (Å²) >= 11 is 0. The molecule has 9 atom stereocenters. The zero-order valence-corrected chi connectivity index (χ0v) is 21.1. The Morgan fingerprint density at radius 1 is 1.19 bits per heavy atom. The van der Waals surface area contributed by atoms with E-state index in [9.17, 15) is 24.9 Å². The van der Waals surface area contributed by atoms with E-state index in [-0.39, 0.29) is 17.9 Å². The van der Waals surface area contributed by atoms with Gasteiger partial charge < -0.3 is 29.8 Å². The predicted molar refractivity (Wildman–Crippen MR) is 132 cm³/mol. The maximum atomic E-state index is 14.2. The molecule has 6 aliphatic rings. The molecule has 2 saturated heterocycles. The van der Waals surface area contributed by atoms with E-state index in [4.69, 9.17) is 9.47 Å². The number of carbonyl (C=O) groups is 2. The monoisotopic (exact) mass is 507 g/mol. The second-order valence-corrected chi connectivity index (χ2v) is 12.6. The number of aromatic nitrogens is 1. The number of ketones is 1. The van der Waals surface area contributed by atoms with Gasteiger partial charge in [0.1, 0.15) is 23.3 Å². The molecule has 0 unspecified atom stereocenters. The van der Waals surface area contributed by atoms with Crippen LogP contribution in [0.3, 0.4) is 0 Å². The molecule has 3 heterocycles. The minimum absolute atomic E-state index is 0.0371. The Balaban J connectivity index is 1.38. The fraction of sp³-hybridized carbons (Fsp3) is 0.586. The second kappa shape index (κ2) is 7.11. The largest absolute Gasteiger partial charge is 0.456 e. The number of aromatic amines is 1. The summed E-state index contributed by atoms with van der Waals surface area (Å²) in [4.78, 5) is 30.7. The van der Waals surface area contributed by atoms with Gasteiger partial charge in [-0.05, 0) is 54.7 Å². The van der Waals surface area contributed by atoms with Gasteiger partial charge in [-0.2, -0.15) is 0 Å². The fourth-order valence-electron chi connectivity index (χ4n) is 9.40. The Kier molecular flexibility index (Phi) is 4.53. The number of carbonyl (C=O) groups excluding carboxylic acids is 2. The van der Waals surface area contributed by atoms with Gasteiger partial charge in [-0.1, -0.05) is 38.6 Å². The highest BCUT2D eigenvalue weighted by molar-refractivity contribution is 6.06. The number of nitrogens with one attached hydrogen (secondary N) is 1. The molecular formula is C29H33NO7. The van der Waals surface area contributed by atoms with Crippen molar-refractivity contribution in [1.29, 1.82) is 0 Å². The second-order valence-electron chi connectivity index (χ2n) is 12.6. The molecule has 4 N–H and O–H groups in total. The molecule has 37 heavy (non-hydrogen) atoms. The topological polar surface area (TPSA) is 129 Å². The number of fused-ring (bicyclic) bond motifs is 3. The van der Waals surface area contributed by atoms with Gasteiger partial charge in [-0.25, -0.2) is 4.79 Å². The Morgan fingerprint density at radius 3 is 2.70 bits per heavy atom. The number of esters is 1. The Labute approximate surface area is 214 Å². The number of ether oxygens (including phenoxy) is 2. The fourth-order valence-corrected chi connectivity index (χ4v) is 9.40. The number of hydrogen-bond acceptors (Lipinski definition) is 7. The van der Waals surface area contributed by atoms with E-state index < -0.39 is 69.9 Å². The molecule has 8 heteroatoms. The quantitative estimate of drug-likeness (QED) is 0.363. The normalized spacial score (nSPS) is 45.5. The van der Waals surface area contributed by atoms with Crippen LogP contribution in [0.2, 0.25) is 0 Å². The molecule has 0 radical (unpaired) electrons. The molecule has 2 spiro atoms. The van der Waals surface area contributed by atoms with E-state index in [0.717, 1.165) is 10.9 Å². The predicted octanol–water partition coefficient (Wildman–Crippen LogP) is 2.72. The first-order valence-corrected chi connectivity index (χ1v) is 13.2. The highest BCUT2D eigenvalue weighted by Crippen LogP contribution is 2.76. The summed E-state index contributed by atoms with van der Waals surface area (Å²) < 4.78 is 12.2. The first-order valence-electron chi connectivity index (χ1n) is 13.2. The molecule has 8 nitrogen and oxygen atoms in total. The lowest BCUT2D eigenvalue weighted by Crippen LogP contribution is -2.85. The molecule has 196 valence electrons. The van der Waals surface area contributed by atoms with E-state index in [2.05, 4.69) is 11.6 Å². The zero-order chi connectivity index (χ0) is 26.1. The van der Waals surface area contributed by atoms with Crippen LogP contribution >= 0.6 is 0 Å². The molecule has 8 rings (SSSR count). The van der Waals surface area contributed by atoms with Crippen molar-refractivity contribution in [3.8, 4) is 0 Å². The molecule has 4 aliphatic carbocycles. The zero-order valence-electron chi connectivity index (χ0n) is 21.1. The standard InChI is InChI=1S/C29H33NO7/c1-14-16-8-9-19-27-13-36-29(35,23(33)21(27)26(2,3)11-10-20(27)31)28(19,22(14)32)24(16)37-25(34)18-12-15-6-4-5-7-17(15)30-18/h4-7,12,16,19-21,23-24,30-31,33,35H,1,8-11,13H2,2-3H3/t16-,19-,20-,21+,23-,24+,27+,28-,29+/m0/s1. The molecule has 2 aliphatic heterocycles. The van der Waals surface area contributed by atoms with Crippen molar-refractivity contribution in [2.75, 3.05) is 6.61 Å². The van der Waals surface area contributed by atoms with Crippen LogP contribution in [0.5, 0.6) is 0 Å². The van der Waals surface area contributed by atoms with E-state index in [1.165, 1.54) is 0 Å². The average molecular weight is 508 g/mol. The van der Waals surface area contributed by atoms with Crippen LogP contribution in [0.15, 0.2) is 42.5 Å². The number of benzene rings is 1. The van der Waals surface area contributed by atoms with Crippen molar-refractivity contribution in [3.05, 3.63) is 48.2 Å². The molecular weight excluding hydrogens is 474 g/mol. The van der Waals surface area contributed by atoms with Crippen LogP contribution in [0.1, 0.15) is 50.0 Å². The van der Waals surface area contributed by atoms with Crippen LogP contribution in [-0.4, -0.2) is 62.8 Å². The molecule has 1 aromatic heterocycles. The van der Waals surface area contributed by atoms with Crippen LogP contribution < -0.4 is 0 Å². The minimum atomic E-state index is -2.26. The summed E-state index contributed by atoms with van der Waals surface area (Å²) in [6.45, 7) is 8.18. The van der Waals surface area contributed by atoms with Gasteiger partial charge in [0.05, 0.1) is 12.7 Å². The van der Waals surface area contributed by atoms with Gasteiger partial charge >= 0.3 is 5.97 Å². The summed E-state index contributed by atoms with van der Waals surface area (Å²) in [5.41, 5.74) is -1.79. The lowest BCUT2D eigenvalue weighted by Gasteiger charge is -2.74. The van der Waals surface area contributed by atoms with Crippen molar-refractivity contribution in [3.63, 3.8) is 0 Å². The highest BCUT2D eigenvalue weighted by atomic mass is 16.6. The van der Waals surface area contributed by atoms with E-state index in [0.29, 0.717) is 25.7 Å². The van der Waals surface area contributed by atoms with Crippen molar-refractivity contribution in [2.45, 2.75) is 63.6 Å². The van der Waals surface area contributed by atoms with E-state index >= 15 is 0 Å². The number of rotatable bonds is 2. The Hall–Kier alpha value is -2.52. The number of para-hydroxylation sites is 1. The van der Waals surface area contributed by atoms with Gasteiger partial charge in [0.15, 0.2) is 5.78 Å². The number of aliphatic hydroxyl groups excluding tert-OH is 2. The van der Waals surface area contributed by atoms with E-state index in [1.807, 2.05) is 38.1 Å². The third kappa shape index (κ3) is 2.49. The van der Waals surface area contributed by atoms with Gasteiger partial charge in [0, 0.05) is 28.2 Å². The van der Waals surface area contributed by atoms with Crippen LogP contribution in [0.25, 0.3) is 10.9 Å². The SMILES string of the molecule is C=C1C(=O)[C@]23[C@H](OC(=O)c4cc5ccccc5[nH]4)[C@H]1CC[C@H]2[C@@]12CO[C@]3(O)[C@@H](O)[C@@H]1C(C)(C)CC[C@@H]2O. The first kappa shape index (κ1) is 23.6. The van der Waals surface area contributed by atoms with Crippen LogP contribution in [0.4, 0.5) is 0 Å².